The normalized spacial score (nSPS) is 17.7. The molecule has 2 heterocycles. The van der Waals surface area contributed by atoms with Crippen LogP contribution in [0.3, 0.4) is 0 Å². The van der Waals surface area contributed by atoms with E-state index >= 15 is 0 Å². The van der Waals surface area contributed by atoms with E-state index in [-0.39, 0.29) is 29.2 Å². The van der Waals surface area contributed by atoms with E-state index in [9.17, 15) is 13.2 Å². The molecule has 4 rings (SSSR count). The Morgan fingerprint density at radius 2 is 1.97 bits per heavy atom. The number of benzene rings is 2. The second-order valence-electron chi connectivity index (χ2n) is 7.50. The van der Waals surface area contributed by atoms with E-state index < -0.39 is 9.84 Å². The highest BCUT2D eigenvalue weighted by molar-refractivity contribution is 7.99. The predicted molar refractivity (Wildman–Crippen MR) is 123 cm³/mol. The minimum absolute atomic E-state index is 0.0462. The van der Waals surface area contributed by atoms with Crippen LogP contribution in [0.5, 0.6) is 5.75 Å². The zero-order chi connectivity index (χ0) is 22.0. The number of hydrogen-bond donors (Lipinski definition) is 0. The van der Waals surface area contributed by atoms with Crippen LogP contribution in [0.25, 0.3) is 16.7 Å². The van der Waals surface area contributed by atoms with Crippen molar-refractivity contribution in [3.05, 3.63) is 48.5 Å². The fraction of sp³-hybridized carbons (Fsp3) is 0.364. The number of carbonyl (C=O) groups is 1. The van der Waals surface area contributed by atoms with Crippen molar-refractivity contribution in [3.63, 3.8) is 0 Å². The van der Waals surface area contributed by atoms with Gasteiger partial charge in [0.1, 0.15) is 5.75 Å². The summed E-state index contributed by atoms with van der Waals surface area (Å²) in [5.74, 6) is 1.08. The molecule has 1 aromatic heterocycles. The third-order valence-electron chi connectivity index (χ3n) is 5.41. The average Bonchev–Trinajstić information content (AvgIpc) is 3.32. The van der Waals surface area contributed by atoms with E-state index in [1.54, 1.807) is 11.9 Å². The maximum atomic E-state index is 12.8. The third-order valence-corrected chi connectivity index (χ3v) is 8.08. The van der Waals surface area contributed by atoms with Gasteiger partial charge in [0, 0.05) is 18.8 Å². The van der Waals surface area contributed by atoms with Crippen LogP contribution < -0.4 is 4.74 Å². The van der Waals surface area contributed by atoms with Gasteiger partial charge in [0.25, 0.3) is 0 Å². The van der Waals surface area contributed by atoms with Gasteiger partial charge in [-0.05, 0) is 49.7 Å². The van der Waals surface area contributed by atoms with E-state index in [0.29, 0.717) is 18.2 Å². The van der Waals surface area contributed by atoms with Crippen LogP contribution in [-0.2, 0) is 14.6 Å². The van der Waals surface area contributed by atoms with Gasteiger partial charge in [-0.3, -0.25) is 9.36 Å². The molecule has 0 bridgehead atoms. The molecule has 1 fully saturated rings. The molecular formula is C22H25N3O4S2. The summed E-state index contributed by atoms with van der Waals surface area (Å²) in [7, 11) is -1.35. The molecule has 0 saturated carbocycles. The van der Waals surface area contributed by atoms with E-state index in [1.165, 1.54) is 11.8 Å². The van der Waals surface area contributed by atoms with Gasteiger partial charge in [-0.2, -0.15) is 0 Å². The van der Waals surface area contributed by atoms with Crippen molar-refractivity contribution in [2.45, 2.75) is 24.5 Å². The molecule has 7 nitrogen and oxygen atoms in total. The number of carbonyl (C=O) groups excluding carboxylic acids is 1. The third kappa shape index (κ3) is 4.72. The molecule has 1 aliphatic heterocycles. The lowest BCUT2D eigenvalue weighted by Gasteiger charge is -2.23. The second kappa shape index (κ2) is 8.92. The molecule has 164 valence electrons. The molecule has 1 atom stereocenters. The molecule has 9 heteroatoms. The van der Waals surface area contributed by atoms with E-state index in [4.69, 9.17) is 9.72 Å². The average molecular weight is 460 g/mol. The number of fused-ring (bicyclic) bond motifs is 1. The summed E-state index contributed by atoms with van der Waals surface area (Å²) >= 11 is 1.36. The topological polar surface area (TPSA) is 81.5 Å². The highest BCUT2D eigenvalue weighted by Crippen LogP contribution is 2.29. The number of amides is 1. The fourth-order valence-electron chi connectivity index (χ4n) is 3.72. The molecule has 0 radical (unpaired) electrons. The van der Waals surface area contributed by atoms with Crippen LogP contribution in [0.2, 0.25) is 0 Å². The first-order chi connectivity index (χ1) is 14.9. The number of imidazole rings is 1. The molecule has 1 unspecified atom stereocenters. The Kier molecular flexibility index (Phi) is 6.24. The molecule has 0 aliphatic carbocycles. The summed E-state index contributed by atoms with van der Waals surface area (Å²) in [6.07, 6.45) is 0.500. The molecule has 1 amide bonds. The van der Waals surface area contributed by atoms with Gasteiger partial charge >= 0.3 is 0 Å². The van der Waals surface area contributed by atoms with Crippen LogP contribution in [0.1, 0.15) is 13.3 Å². The van der Waals surface area contributed by atoms with Crippen LogP contribution in [0.4, 0.5) is 0 Å². The molecule has 2 aromatic carbocycles. The summed E-state index contributed by atoms with van der Waals surface area (Å²) in [5.41, 5.74) is 2.74. The van der Waals surface area contributed by atoms with Gasteiger partial charge < -0.3 is 9.64 Å². The van der Waals surface area contributed by atoms with Crippen molar-refractivity contribution in [2.75, 3.05) is 30.9 Å². The van der Waals surface area contributed by atoms with Crippen LogP contribution in [0.15, 0.2) is 53.7 Å². The lowest BCUT2D eigenvalue weighted by molar-refractivity contribution is -0.128. The monoisotopic (exact) mass is 459 g/mol. The molecule has 0 N–H and O–H groups in total. The van der Waals surface area contributed by atoms with Crippen molar-refractivity contribution in [1.29, 1.82) is 0 Å². The number of hydrogen-bond acceptors (Lipinski definition) is 6. The second-order valence-corrected chi connectivity index (χ2v) is 10.7. The lowest BCUT2D eigenvalue weighted by atomic mass is 10.2. The van der Waals surface area contributed by atoms with Crippen molar-refractivity contribution in [2.24, 2.45) is 0 Å². The lowest BCUT2D eigenvalue weighted by Crippen LogP contribution is -2.38. The Morgan fingerprint density at radius 1 is 1.23 bits per heavy atom. The maximum absolute atomic E-state index is 12.8. The van der Waals surface area contributed by atoms with Crippen LogP contribution in [0, 0.1) is 0 Å². The Labute approximate surface area is 186 Å². The van der Waals surface area contributed by atoms with Gasteiger partial charge in [0.15, 0.2) is 15.0 Å². The van der Waals surface area contributed by atoms with Gasteiger partial charge in [0.2, 0.25) is 5.91 Å². The maximum Gasteiger partial charge on any atom is 0.233 e. The quantitative estimate of drug-likeness (QED) is 0.505. The Balaban J connectivity index is 1.56. The molecule has 1 aliphatic rings. The summed E-state index contributed by atoms with van der Waals surface area (Å²) < 4.78 is 31.1. The molecule has 0 spiro atoms. The van der Waals surface area contributed by atoms with Crippen LogP contribution in [-0.4, -0.2) is 65.7 Å². The smallest absolute Gasteiger partial charge is 0.233 e. The van der Waals surface area contributed by atoms with Gasteiger partial charge in [0.05, 0.1) is 34.9 Å². The summed E-state index contributed by atoms with van der Waals surface area (Å²) in [6.45, 7) is 2.55. The number of aromatic nitrogens is 2. The number of sulfone groups is 1. The Bertz CT molecular complexity index is 1190. The first kappa shape index (κ1) is 21.7. The van der Waals surface area contributed by atoms with Crippen molar-refractivity contribution in [1.82, 2.24) is 14.5 Å². The van der Waals surface area contributed by atoms with Crippen LogP contribution >= 0.6 is 11.8 Å². The number of thioether (sulfide) groups is 1. The summed E-state index contributed by atoms with van der Waals surface area (Å²) in [4.78, 5) is 19.0. The minimum atomic E-state index is -3.04. The van der Waals surface area contributed by atoms with E-state index in [2.05, 4.69) is 0 Å². The number of nitrogens with zero attached hydrogens (tertiary/aromatic N) is 3. The van der Waals surface area contributed by atoms with Crippen molar-refractivity contribution >= 4 is 38.5 Å². The molecule has 3 aromatic rings. The highest BCUT2D eigenvalue weighted by atomic mass is 32.2. The minimum Gasteiger partial charge on any atom is -0.494 e. The summed E-state index contributed by atoms with van der Waals surface area (Å²) in [5, 5.41) is 0.714. The molecule has 1 saturated heterocycles. The highest BCUT2D eigenvalue weighted by Gasteiger charge is 2.32. The number of ether oxygens (including phenoxy) is 1. The number of rotatable bonds is 7. The van der Waals surface area contributed by atoms with Gasteiger partial charge in [-0.1, -0.05) is 23.9 Å². The van der Waals surface area contributed by atoms with Gasteiger partial charge in [-0.25, -0.2) is 13.4 Å². The summed E-state index contributed by atoms with van der Waals surface area (Å²) in [6, 6.07) is 15.4. The molecular weight excluding hydrogens is 434 g/mol. The number of para-hydroxylation sites is 2. The Hall–Kier alpha value is -2.52. The molecule has 31 heavy (non-hydrogen) atoms. The first-order valence-electron chi connectivity index (χ1n) is 10.2. The predicted octanol–water partition coefficient (Wildman–Crippen LogP) is 3.16. The van der Waals surface area contributed by atoms with E-state index in [1.807, 2.05) is 60.0 Å². The standard InChI is InChI=1S/C22H25N3O4S2/c1-3-29-18-10-8-16(9-11-18)25-20-7-5-4-6-19(20)23-22(25)30-14-21(26)24(2)17-12-13-31(27,28)15-17/h4-11,17H,3,12-15H2,1-2H3. The van der Waals surface area contributed by atoms with Gasteiger partial charge in [-0.15, -0.1) is 0 Å². The SMILES string of the molecule is CCOc1ccc(-n2c(SCC(=O)N(C)C3CCS(=O)(=O)C3)nc3ccccc32)cc1. The fourth-order valence-corrected chi connectivity index (χ4v) is 6.45. The zero-order valence-electron chi connectivity index (χ0n) is 17.5. The zero-order valence-corrected chi connectivity index (χ0v) is 19.2. The largest absolute Gasteiger partial charge is 0.494 e. The van der Waals surface area contributed by atoms with E-state index in [0.717, 1.165) is 22.5 Å². The first-order valence-corrected chi connectivity index (χ1v) is 13.0. The van der Waals surface area contributed by atoms with Crippen molar-refractivity contribution in [3.8, 4) is 11.4 Å². The Morgan fingerprint density at radius 3 is 2.65 bits per heavy atom. The van der Waals surface area contributed by atoms with Crippen molar-refractivity contribution < 1.29 is 17.9 Å².